The maximum Gasteiger partial charge on any atom is 0.317 e. The minimum Gasteiger partial charge on any atom is -0.480 e. The second-order valence-electron chi connectivity index (χ2n) is 8.26. The zero-order valence-electron chi connectivity index (χ0n) is 15.5. The Morgan fingerprint density at radius 3 is 2.48 bits per heavy atom. The molecule has 1 aromatic rings. The van der Waals surface area contributed by atoms with Crippen molar-refractivity contribution in [2.75, 3.05) is 19.6 Å². The zero-order chi connectivity index (χ0) is 17.8. The summed E-state index contributed by atoms with van der Waals surface area (Å²) >= 11 is 0. The van der Waals surface area contributed by atoms with Crippen LogP contribution in [0.3, 0.4) is 0 Å². The number of aliphatic carboxylic acids is 1. The second-order valence-corrected chi connectivity index (χ2v) is 8.26. The standard InChI is InChI=1S/C21H32N2O2/c1-15(2)20(17-6-4-3-5-7-17)12-22-18-10-19(11-18)23(14-21(24)25)13-16-8-9-16/h3-7,15-16,18-20,22H,8-14H2,1-2H3,(H,24,25). The third-order valence-electron chi connectivity index (χ3n) is 5.82. The Balaban J connectivity index is 1.46. The van der Waals surface area contributed by atoms with Gasteiger partial charge >= 0.3 is 5.97 Å². The average Bonchev–Trinajstić information content (AvgIpc) is 3.33. The highest BCUT2D eigenvalue weighted by atomic mass is 16.4. The molecule has 0 heterocycles. The van der Waals surface area contributed by atoms with Gasteiger partial charge in [0.2, 0.25) is 0 Å². The quantitative estimate of drug-likeness (QED) is 0.683. The van der Waals surface area contributed by atoms with Crippen molar-refractivity contribution >= 4 is 5.97 Å². The average molecular weight is 344 g/mol. The van der Waals surface area contributed by atoms with Crippen LogP contribution in [-0.4, -0.2) is 47.7 Å². The van der Waals surface area contributed by atoms with Crippen molar-refractivity contribution in [2.45, 2.75) is 57.5 Å². The summed E-state index contributed by atoms with van der Waals surface area (Å²) in [6.45, 7) is 6.75. The highest BCUT2D eigenvalue weighted by Crippen LogP contribution is 2.34. The maximum absolute atomic E-state index is 11.1. The molecule has 0 aromatic heterocycles. The smallest absolute Gasteiger partial charge is 0.317 e. The van der Waals surface area contributed by atoms with Gasteiger partial charge in [-0.3, -0.25) is 9.69 Å². The van der Waals surface area contributed by atoms with Crippen LogP contribution in [0.15, 0.2) is 30.3 Å². The zero-order valence-corrected chi connectivity index (χ0v) is 15.5. The number of carboxylic acids is 1. The highest BCUT2D eigenvalue weighted by Gasteiger charge is 2.37. The predicted octanol–water partition coefficient (Wildman–Crippen LogP) is 3.34. The van der Waals surface area contributed by atoms with Gasteiger partial charge < -0.3 is 10.4 Å². The minimum absolute atomic E-state index is 0.201. The number of carbonyl (C=O) groups is 1. The molecular formula is C21H32N2O2. The lowest BCUT2D eigenvalue weighted by Crippen LogP contribution is -2.54. The number of benzene rings is 1. The number of rotatable bonds is 10. The molecule has 4 heteroatoms. The fourth-order valence-corrected chi connectivity index (χ4v) is 3.93. The molecule has 1 aromatic carbocycles. The molecule has 2 saturated carbocycles. The number of hydrogen-bond donors (Lipinski definition) is 2. The number of carboxylic acid groups (broad SMARTS) is 1. The second kappa shape index (κ2) is 8.33. The SMILES string of the molecule is CC(C)C(CNC1CC(N(CC(=O)O)CC2CC2)C1)c1ccccc1. The van der Waals surface area contributed by atoms with Crippen LogP contribution in [0, 0.1) is 11.8 Å². The largest absolute Gasteiger partial charge is 0.480 e. The molecule has 138 valence electrons. The molecule has 25 heavy (non-hydrogen) atoms. The van der Waals surface area contributed by atoms with Gasteiger partial charge in [0.15, 0.2) is 0 Å². The van der Waals surface area contributed by atoms with Crippen molar-refractivity contribution in [2.24, 2.45) is 11.8 Å². The third kappa shape index (κ3) is 5.29. The molecule has 0 saturated heterocycles. The van der Waals surface area contributed by atoms with Gasteiger partial charge in [0.05, 0.1) is 6.54 Å². The van der Waals surface area contributed by atoms with Crippen LogP contribution in [-0.2, 0) is 4.79 Å². The predicted molar refractivity (Wildman–Crippen MR) is 101 cm³/mol. The Hall–Kier alpha value is -1.39. The Kier molecular flexibility index (Phi) is 6.13. The Morgan fingerprint density at radius 1 is 1.24 bits per heavy atom. The lowest BCUT2D eigenvalue weighted by atomic mass is 9.83. The molecule has 2 aliphatic carbocycles. The van der Waals surface area contributed by atoms with Gasteiger partial charge in [0, 0.05) is 25.2 Å². The highest BCUT2D eigenvalue weighted by molar-refractivity contribution is 5.69. The molecule has 0 radical (unpaired) electrons. The summed E-state index contributed by atoms with van der Waals surface area (Å²) in [5, 5.41) is 12.9. The van der Waals surface area contributed by atoms with Gasteiger partial charge in [-0.15, -0.1) is 0 Å². The van der Waals surface area contributed by atoms with E-state index in [0.29, 0.717) is 23.9 Å². The van der Waals surface area contributed by atoms with Gasteiger partial charge in [-0.05, 0) is 49.0 Å². The van der Waals surface area contributed by atoms with E-state index in [4.69, 9.17) is 5.11 Å². The fourth-order valence-electron chi connectivity index (χ4n) is 3.93. The Labute approximate surface area is 151 Å². The van der Waals surface area contributed by atoms with E-state index in [1.807, 2.05) is 0 Å². The first-order valence-corrected chi connectivity index (χ1v) is 9.77. The first-order valence-electron chi connectivity index (χ1n) is 9.77. The molecule has 2 aliphatic rings. The van der Waals surface area contributed by atoms with Crippen molar-refractivity contribution in [1.29, 1.82) is 0 Å². The molecule has 3 rings (SSSR count). The molecule has 0 spiro atoms. The number of nitrogens with one attached hydrogen (secondary N) is 1. The molecule has 0 aliphatic heterocycles. The van der Waals surface area contributed by atoms with E-state index < -0.39 is 5.97 Å². The van der Waals surface area contributed by atoms with Gasteiger partial charge in [0.25, 0.3) is 0 Å². The van der Waals surface area contributed by atoms with Crippen LogP contribution in [0.25, 0.3) is 0 Å². The third-order valence-corrected chi connectivity index (χ3v) is 5.82. The van der Waals surface area contributed by atoms with Crippen molar-refractivity contribution in [3.63, 3.8) is 0 Å². The summed E-state index contributed by atoms with van der Waals surface area (Å²) in [4.78, 5) is 13.3. The molecule has 0 bridgehead atoms. The van der Waals surface area contributed by atoms with Gasteiger partial charge in [-0.1, -0.05) is 44.2 Å². The van der Waals surface area contributed by atoms with E-state index in [9.17, 15) is 4.79 Å². The van der Waals surface area contributed by atoms with E-state index in [2.05, 4.69) is 54.4 Å². The van der Waals surface area contributed by atoms with Crippen LogP contribution in [0.2, 0.25) is 0 Å². The fraction of sp³-hybridized carbons (Fsp3) is 0.667. The monoisotopic (exact) mass is 344 g/mol. The van der Waals surface area contributed by atoms with E-state index in [1.54, 1.807) is 0 Å². The molecule has 2 fully saturated rings. The van der Waals surface area contributed by atoms with Gasteiger partial charge in [0.1, 0.15) is 0 Å². The van der Waals surface area contributed by atoms with Crippen LogP contribution < -0.4 is 5.32 Å². The van der Waals surface area contributed by atoms with Crippen LogP contribution in [0.1, 0.15) is 51.0 Å². The van der Waals surface area contributed by atoms with Crippen molar-refractivity contribution in [3.05, 3.63) is 35.9 Å². The Morgan fingerprint density at radius 2 is 1.92 bits per heavy atom. The van der Waals surface area contributed by atoms with Crippen LogP contribution in [0.4, 0.5) is 0 Å². The lowest BCUT2D eigenvalue weighted by Gasteiger charge is -2.43. The molecule has 0 amide bonds. The molecule has 2 N–H and O–H groups in total. The van der Waals surface area contributed by atoms with E-state index in [0.717, 1.165) is 31.8 Å². The summed E-state index contributed by atoms with van der Waals surface area (Å²) < 4.78 is 0. The topological polar surface area (TPSA) is 52.6 Å². The molecule has 4 nitrogen and oxygen atoms in total. The first kappa shape index (κ1) is 18.4. The van der Waals surface area contributed by atoms with Crippen molar-refractivity contribution < 1.29 is 9.90 Å². The normalized spacial score (nSPS) is 24.3. The van der Waals surface area contributed by atoms with Crippen LogP contribution in [0.5, 0.6) is 0 Å². The van der Waals surface area contributed by atoms with Crippen molar-refractivity contribution in [1.82, 2.24) is 10.2 Å². The lowest BCUT2D eigenvalue weighted by molar-refractivity contribution is -0.139. The number of nitrogens with zero attached hydrogens (tertiary/aromatic N) is 1. The first-order chi connectivity index (χ1) is 12.0. The van der Waals surface area contributed by atoms with Gasteiger partial charge in [-0.2, -0.15) is 0 Å². The van der Waals surface area contributed by atoms with Crippen molar-refractivity contribution in [3.8, 4) is 0 Å². The van der Waals surface area contributed by atoms with Gasteiger partial charge in [-0.25, -0.2) is 0 Å². The number of hydrogen-bond acceptors (Lipinski definition) is 3. The van der Waals surface area contributed by atoms with E-state index in [1.165, 1.54) is 18.4 Å². The maximum atomic E-state index is 11.1. The van der Waals surface area contributed by atoms with E-state index in [-0.39, 0.29) is 6.54 Å². The Bertz CT molecular complexity index is 550. The molecule has 1 atom stereocenters. The summed E-state index contributed by atoms with van der Waals surface area (Å²) in [5.41, 5.74) is 1.40. The summed E-state index contributed by atoms with van der Waals surface area (Å²) in [5.74, 6) is 1.18. The summed E-state index contributed by atoms with van der Waals surface area (Å²) in [6, 6.07) is 11.7. The summed E-state index contributed by atoms with van der Waals surface area (Å²) in [6.07, 6.45) is 4.72. The molecule has 1 unspecified atom stereocenters. The summed E-state index contributed by atoms with van der Waals surface area (Å²) in [7, 11) is 0. The van der Waals surface area contributed by atoms with Crippen LogP contribution >= 0.6 is 0 Å². The molecular weight excluding hydrogens is 312 g/mol. The minimum atomic E-state index is -0.694. The van der Waals surface area contributed by atoms with E-state index >= 15 is 0 Å².